The van der Waals surface area contributed by atoms with Gasteiger partial charge < -0.3 is 0 Å². The molecule has 1 heterocycles. The van der Waals surface area contributed by atoms with Gasteiger partial charge in [-0.1, -0.05) is 0 Å². The molecule has 0 saturated heterocycles. The number of hydrogen-bond acceptors (Lipinski definition) is 1. The molecule has 0 spiro atoms. The predicted octanol–water partition coefficient (Wildman–Crippen LogP) is 3.09. The summed E-state index contributed by atoms with van der Waals surface area (Å²) in [6.45, 7) is -0.899. The topological polar surface area (TPSA) is 12.9 Å². The summed E-state index contributed by atoms with van der Waals surface area (Å²) in [6.07, 6.45) is -1.49. The highest BCUT2D eigenvalue weighted by atomic mass is 127. The quantitative estimate of drug-likeness (QED) is 0.601. The maximum absolute atomic E-state index is 12.2. The molecule has 0 aliphatic rings. The van der Waals surface area contributed by atoms with Crippen molar-refractivity contribution in [2.45, 2.75) is 13.1 Å². The number of aromatic nitrogens is 1. The van der Waals surface area contributed by atoms with Gasteiger partial charge >= 0.3 is 0 Å². The molecule has 5 heteroatoms. The van der Waals surface area contributed by atoms with E-state index in [2.05, 4.69) is 4.98 Å². The molecule has 1 rings (SSSR count). The van der Waals surface area contributed by atoms with E-state index in [0.717, 1.165) is 6.20 Å². The number of halogens is 4. The number of hydrogen-bond donors (Lipinski definition) is 0. The van der Waals surface area contributed by atoms with Crippen molar-refractivity contribution in [3.05, 3.63) is 27.1 Å². The molecule has 0 N–H and O–H groups in total. The maximum atomic E-state index is 12.2. The number of rotatable bonds is 2. The van der Waals surface area contributed by atoms with Crippen LogP contribution in [-0.4, -0.2) is 4.98 Å². The van der Waals surface area contributed by atoms with Gasteiger partial charge in [-0.3, -0.25) is 0 Å². The second-order valence-corrected chi connectivity index (χ2v) is 3.25. The molecule has 1 nitrogen and oxygen atoms in total. The van der Waals surface area contributed by atoms with Crippen LogP contribution in [0.2, 0.25) is 0 Å². The van der Waals surface area contributed by atoms with E-state index in [0.29, 0.717) is 3.70 Å². The molecule has 0 atom stereocenters. The molecule has 0 aliphatic carbocycles. The Kier molecular flexibility index (Phi) is 3.30. The van der Waals surface area contributed by atoms with Crippen LogP contribution in [0.25, 0.3) is 0 Å². The molecule has 0 aromatic carbocycles. The van der Waals surface area contributed by atoms with Crippen LogP contribution in [0, 0.1) is 3.70 Å². The van der Waals surface area contributed by atoms with Gasteiger partial charge in [-0.05, 0) is 28.7 Å². The van der Waals surface area contributed by atoms with Gasteiger partial charge in [0.25, 0.3) is 6.43 Å². The van der Waals surface area contributed by atoms with Crippen LogP contribution in [0.3, 0.4) is 0 Å². The fourth-order valence-electron chi connectivity index (χ4n) is 0.787. The summed E-state index contributed by atoms with van der Waals surface area (Å²) in [6, 6.07) is 1.19. The van der Waals surface area contributed by atoms with Gasteiger partial charge in [-0.2, -0.15) is 0 Å². The van der Waals surface area contributed by atoms with Gasteiger partial charge in [-0.15, -0.1) is 0 Å². The van der Waals surface area contributed by atoms with E-state index >= 15 is 0 Å². The summed E-state index contributed by atoms with van der Waals surface area (Å²) in [5, 5.41) is 0. The zero-order chi connectivity index (χ0) is 9.14. The zero-order valence-electron chi connectivity index (χ0n) is 5.90. The minimum absolute atomic E-state index is 0.0367. The first-order chi connectivity index (χ1) is 5.65. The van der Waals surface area contributed by atoms with Crippen LogP contribution in [0.1, 0.15) is 17.6 Å². The summed E-state index contributed by atoms with van der Waals surface area (Å²) >= 11 is 1.80. The van der Waals surface area contributed by atoms with Crippen molar-refractivity contribution in [1.29, 1.82) is 0 Å². The minimum atomic E-state index is -2.63. The SMILES string of the molecule is FCc1cnc(I)cc1C(F)F. The Bertz CT molecular complexity index is 277. The summed E-state index contributed by atoms with van der Waals surface area (Å²) in [5.74, 6) is 0. The Labute approximate surface area is 81.1 Å². The Balaban J connectivity index is 3.12. The summed E-state index contributed by atoms with van der Waals surface area (Å²) in [5.41, 5.74) is -0.303. The Hall–Kier alpha value is -0.330. The average molecular weight is 287 g/mol. The molecule has 66 valence electrons. The third-order valence-corrected chi connectivity index (χ3v) is 1.96. The number of pyridine rings is 1. The monoisotopic (exact) mass is 287 g/mol. The molecule has 0 amide bonds. The Morgan fingerprint density at radius 3 is 2.67 bits per heavy atom. The van der Waals surface area contributed by atoms with Gasteiger partial charge in [-0.25, -0.2) is 18.2 Å². The normalized spacial score (nSPS) is 10.8. The van der Waals surface area contributed by atoms with Crippen molar-refractivity contribution in [2.75, 3.05) is 0 Å². The lowest BCUT2D eigenvalue weighted by atomic mass is 10.2. The number of nitrogens with zero attached hydrogens (tertiary/aromatic N) is 1. The lowest BCUT2D eigenvalue weighted by molar-refractivity contribution is 0.149. The number of alkyl halides is 3. The summed E-state index contributed by atoms with van der Waals surface area (Å²) < 4.78 is 36.9. The van der Waals surface area contributed by atoms with Gasteiger partial charge in [0.1, 0.15) is 10.4 Å². The molecule has 1 aromatic heterocycles. The van der Waals surface area contributed by atoms with Crippen LogP contribution >= 0.6 is 22.6 Å². The largest absolute Gasteiger partial charge is 0.264 e. The predicted molar refractivity (Wildman–Crippen MR) is 46.7 cm³/mol. The highest BCUT2D eigenvalue weighted by Gasteiger charge is 2.13. The molecule has 12 heavy (non-hydrogen) atoms. The third kappa shape index (κ3) is 2.09. The van der Waals surface area contributed by atoms with E-state index in [1.807, 2.05) is 0 Å². The van der Waals surface area contributed by atoms with Gasteiger partial charge in [0, 0.05) is 17.3 Å². The molecule has 0 saturated carbocycles. The van der Waals surface area contributed by atoms with E-state index < -0.39 is 13.1 Å². The van der Waals surface area contributed by atoms with Crippen molar-refractivity contribution in [2.24, 2.45) is 0 Å². The summed E-state index contributed by atoms with van der Waals surface area (Å²) in [4.78, 5) is 3.71. The van der Waals surface area contributed by atoms with Crippen LogP contribution in [0.4, 0.5) is 13.2 Å². The van der Waals surface area contributed by atoms with Crippen molar-refractivity contribution >= 4 is 22.6 Å². The van der Waals surface area contributed by atoms with E-state index in [4.69, 9.17) is 0 Å². The fourth-order valence-corrected chi connectivity index (χ4v) is 1.26. The first-order valence-electron chi connectivity index (χ1n) is 3.13. The molecule has 0 aliphatic heterocycles. The van der Waals surface area contributed by atoms with Crippen molar-refractivity contribution in [3.63, 3.8) is 0 Å². The Morgan fingerprint density at radius 2 is 2.17 bits per heavy atom. The van der Waals surface area contributed by atoms with Crippen molar-refractivity contribution in [1.82, 2.24) is 4.98 Å². The van der Waals surface area contributed by atoms with E-state index in [1.54, 1.807) is 22.6 Å². The molecule has 1 aromatic rings. The van der Waals surface area contributed by atoms with Crippen LogP contribution in [0.15, 0.2) is 12.3 Å². The standard InChI is InChI=1S/C7H5F3IN/c8-2-4-3-12-6(11)1-5(4)7(9)10/h1,3,7H,2H2. The second-order valence-electron chi connectivity index (χ2n) is 2.14. The lowest BCUT2D eigenvalue weighted by Crippen LogP contribution is -1.95. The highest BCUT2D eigenvalue weighted by Crippen LogP contribution is 2.24. The molecule has 0 fully saturated rings. The van der Waals surface area contributed by atoms with Crippen LogP contribution in [-0.2, 0) is 6.67 Å². The van der Waals surface area contributed by atoms with Crippen molar-refractivity contribution < 1.29 is 13.2 Å². The molecule has 0 radical (unpaired) electrons. The molecular weight excluding hydrogens is 282 g/mol. The lowest BCUT2D eigenvalue weighted by Gasteiger charge is -2.04. The van der Waals surface area contributed by atoms with Gasteiger partial charge in [0.15, 0.2) is 0 Å². The van der Waals surface area contributed by atoms with E-state index in [-0.39, 0.29) is 11.1 Å². The molecule has 0 bridgehead atoms. The maximum Gasteiger partial charge on any atom is 0.264 e. The van der Waals surface area contributed by atoms with Crippen LogP contribution < -0.4 is 0 Å². The molecular formula is C7H5F3IN. The highest BCUT2D eigenvalue weighted by molar-refractivity contribution is 14.1. The first kappa shape index (κ1) is 9.76. The van der Waals surface area contributed by atoms with E-state index in [1.165, 1.54) is 6.07 Å². The Morgan fingerprint density at radius 1 is 1.50 bits per heavy atom. The third-order valence-electron chi connectivity index (χ3n) is 1.37. The minimum Gasteiger partial charge on any atom is -0.250 e. The van der Waals surface area contributed by atoms with Crippen LogP contribution in [0.5, 0.6) is 0 Å². The summed E-state index contributed by atoms with van der Waals surface area (Å²) in [7, 11) is 0. The van der Waals surface area contributed by atoms with Gasteiger partial charge in [0.2, 0.25) is 0 Å². The fraction of sp³-hybridized carbons (Fsp3) is 0.286. The second kappa shape index (κ2) is 4.06. The van der Waals surface area contributed by atoms with E-state index in [9.17, 15) is 13.2 Å². The smallest absolute Gasteiger partial charge is 0.250 e. The van der Waals surface area contributed by atoms with Gasteiger partial charge in [0.05, 0.1) is 0 Å². The molecule has 0 unspecified atom stereocenters. The first-order valence-corrected chi connectivity index (χ1v) is 4.21. The average Bonchev–Trinajstić information content (AvgIpc) is 2.04. The van der Waals surface area contributed by atoms with Crippen molar-refractivity contribution in [3.8, 4) is 0 Å². The zero-order valence-corrected chi connectivity index (χ0v) is 8.06.